The lowest BCUT2D eigenvalue weighted by atomic mass is 10.0. The SMILES string of the molecule is CCOC(=O)C1=C(C)NC(=O)NC1c1ccc(N(C)C)s1. The summed E-state index contributed by atoms with van der Waals surface area (Å²) in [6.45, 7) is 3.76. The van der Waals surface area contributed by atoms with Crippen molar-refractivity contribution in [3.63, 3.8) is 0 Å². The standard InChI is InChI=1S/C14H19N3O3S/c1-5-20-13(18)11-8(2)15-14(19)16-12(11)9-6-7-10(21-9)17(3)4/h6-7,12H,5H2,1-4H3,(H2,15,16,19). The van der Waals surface area contributed by atoms with Crippen molar-refractivity contribution in [2.75, 3.05) is 25.6 Å². The van der Waals surface area contributed by atoms with Crippen LogP contribution in [0.15, 0.2) is 23.4 Å². The number of carbonyl (C=O) groups is 2. The summed E-state index contributed by atoms with van der Waals surface area (Å²) < 4.78 is 5.10. The second-order valence-corrected chi connectivity index (χ2v) is 5.95. The van der Waals surface area contributed by atoms with Crippen LogP contribution in [0.5, 0.6) is 0 Å². The zero-order valence-electron chi connectivity index (χ0n) is 12.5. The van der Waals surface area contributed by atoms with Crippen LogP contribution in [-0.2, 0) is 9.53 Å². The third-order valence-corrected chi connectivity index (χ3v) is 4.42. The molecule has 0 bridgehead atoms. The van der Waals surface area contributed by atoms with E-state index < -0.39 is 12.0 Å². The second kappa shape index (κ2) is 6.17. The van der Waals surface area contributed by atoms with Crippen LogP contribution in [0.3, 0.4) is 0 Å². The number of ether oxygens (including phenoxy) is 1. The molecule has 2 heterocycles. The van der Waals surface area contributed by atoms with Gasteiger partial charge in [0.25, 0.3) is 0 Å². The van der Waals surface area contributed by atoms with Gasteiger partial charge in [-0.05, 0) is 26.0 Å². The fraction of sp³-hybridized carbons (Fsp3) is 0.429. The predicted octanol–water partition coefficient (Wildman–Crippen LogP) is 2.01. The Morgan fingerprint density at radius 2 is 2.14 bits per heavy atom. The van der Waals surface area contributed by atoms with Gasteiger partial charge in [0.2, 0.25) is 0 Å². The first-order chi connectivity index (χ1) is 9.93. The van der Waals surface area contributed by atoms with Gasteiger partial charge in [0, 0.05) is 24.7 Å². The lowest BCUT2D eigenvalue weighted by Gasteiger charge is -2.27. The van der Waals surface area contributed by atoms with Crippen LogP contribution in [0, 0.1) is 0 Å². The normalized spacial score (nSPS) is 18.1. The van der Waals surface area contributed by atoms with E-state index in [1.165, 1.54) is 11.3 Å². The van der Waals surface area contributed by atoms with Crippen LogP contribution in [0.2, 0.25) is 0 Å². The van der Waals surface area contributed by atoms with Crippen molar-refractivity contribution < 1.29 is 14.3 Å². The molecule has 0 fully saturated rings. The number of anilines is 1. The van der Waals surface area contributed by atoms with Gasteiger partial charge in [-0.3, -0.25) is 0 Å². The molecule has 0 aliphatic carbocycles. The molecule has 7 heteroatoms. The number of carbonyl (C=O) groups excluding carboxylic acids is 2. The molecule has 21 heavy (non-hydrogen) atoms. The first kappa shape index (κ1) is 15.4. The first-order valence-electron chi connectivity index (χ1n) is 6.66. The van der Waals surface area contributed by atoms with Crippen molar-refractivity contribution in [1.82, 2.24) is 10.6 Å². The number of urea groups is 1. The van der Waals surface area contributed by atoms with Crippen LogP contribution in [0.25, 0.3) is 0 Å². The number of esters is 1. The fourth-order valence-corrected chi connectivity index (χ4v) is 3.12. The van der Waals surface area contributed by atoms with E-state index in [9.17, 15) is 9.59 Å². The van der Waals surface area contributed by atoms with Crippen molar-refractivity contribution in [1.29, 1.82) is 0 Å². The largest absolute Gasteiger partial charge is 0.463 e. The molecule has 2 amide bonds. The number of hydrogen-bond donors (Lipinski definition) is 2. The van der Waals surface area contributed by atoms with Crippen LogP contribution in [-0.4, -0.2) is 32.7 Å². The third-order valence-electron chi connectivity index (χ3n) is 3.10. The average Bonchev–Trinajstić information content (AvgIpc) is 2.87. The van der Waals surface area contributed by atoms with Gasteiger partial charge in [0.1, 0.15) is 0 Å². The third kappa shape index (κ3) is 3.18. The highest BCUT2D eigenvalue weighted by Gasteiger charge is 2.33. The summed E-state index contributed by atoms with van der Waals surface area (Å²) in [5.74, 6) is -0.410. The highest BCUT2D eigenvalue weighted by molar-refractivity contribution is 7.16. The predicted molar refractivity (Wildman–Crippen MR) is 82.4 cm³/mol. The minimum atomic E-state index is -0.475. The molecule has 1 aliphatic rings. The Morgan fingerprint density at radius 3 is 2.71 bits per heavy atom. The number of rotatable bonds is 4. The van der Waals surface area contributed by atoms with Gasteiger partial charge in [0.05, 0.1) is 23.2 Å². The Morgan fingerprint density at radius 1 is 1.43 bits per heavy atom. The van der Waals surface area contributed by atoms with Crippen LogP contribution in [0.1, 0.15) is 24.8 Å². The summed E-state index contributed by atoms with van der Waals surface area (Å²) >= 11 is 1.53. The Bertz CT molecular complexity index is 592. The van der Waals surface area contributed by atoms with Gasteiger partial charge in [-0.15, -0.1) is 11.3 Å². The van der Waals surface area contributed by atoms with Gasteiger partial charge in [-0.1, -0.05) is 0 Å². The molecule has 6 nitrogen and oxygen atoms in total. The topological polar surface area (TPSA) is 70.7 Å². The molecule has 0 spiro atoms. The molecule has 1 aromatic rings. The second-order valence-electron chi connectivity index (χ2n) is 4.86. The molecule has 0 saturated carbocycles. The summed E-state index contributed by atoms with van der Waals surface area (Å²) in [6, 6.07) is 3.09. The lowest BCUT2D eigenvalue weighted by molar-refractivity contribution is -0.139. The first-order valence-corrected chi connectivity index (χ1v) is 7.48. The summed E-state index contributed by atoms with van der Waals surface area (Å²) in [4.78, 5) is 26.8. The molecule has 0 saturated heterocycles. The highest BCUT2D eigenvalue weighted by atomic mass is 32.1. The van der Waals surface area contributed by atoms with Crippen molar-refractivity contribution >= 4 is 28.3 Å². The molecule has 0 radical (unpaired) electrons. The maximum Gasteiger partial charge on any atom is 0.338 e. The number of hydrogen-bond acceptors (Lipinski definition) is 5. The van der Waals surface area contributed by atoms with Gasteiger partial charge >= 0.3 is 12.0 Å². The highest BCUT2D eigenvalue weighted by Crippen LogP contribution is 2.35. The van der Waals surface area contributed by atoms with Crippen LogP contribution >= 0.6 is 11.3 Å². The molecule has 1 unspecified atom stereocenters. The zero-order chi connectivity index (χ0) is 15.6. The molecule has 2 N–H and O–H groups in total. The van der Waals surface area contributed by atoms with Crippen LogP contribution < -0.4 is 15.5 Å². The quantitative estimate of drug-likeness (QED) is 0.835. The smallest absolute Gasteiger partial charge is 0.338 e. The van der Waals surface area contributed by atoms with Gasteiger partial charge < -0.3 is 20.3 Å². The van der Waals surface area contributed by atoms with Gasteiger partial charge in [0.15, 0.2) is 0 Å². The van der Waals surface area contributed by atoms with Gasteiger partial charge in [-0.25, -0.2) is 9.59 Å². The number of amides is 2. The molecule has 0 aromatic carbocycles. The zero-order valence-corrected chi connectivity index (χ0v) is 13.3. The van der Waals surface area contributed by atoms with Crippen molar-refractivity contribution in [3.8, 4) is 0 Å². The Hall–Kier alpha value is -2.02. The molecule has 2 rings (SSSR count). The summed E-state index contributed by atoms with van der Waals surface area (Å²) in [7, 11) is 3.90. The Balaban J connectivity index is 2.39. The minimum Gasteiger partial charge on any atom is -0.463 e. The minimum absolute atomic E-state index is 0.295. The van der Waals surface area contributed by atoms with E-state index in [0.29, 0.717) is 17.9 Å². The molecular formula is C14H19N3O3S. The molecule has 1 atom stereocenters. The van der Waals surface area contributed by atoms with Crippen molar-refractivity contribution in [2.45, 2.75) is 19.9 Å². The number of allylic oxidation sites excluding steroid dienone is 1. The van der Waals surface area contributed by atoms with Crippen molar-refractivity contribution in [3.05, 3.63) is 28.3 Å². The number of nitrogens with zero attached hydrogens (tertiary/aromatic N) is 1. The average molecular weight is 309 g/mol. The summed E-state index contributed by atoms with van der Waals surface area (Å²) in [5, 5.41) is 6.46. The Labute approximate surface area is 127 Å². The van der Waals surface area contributed by atoms with Crippen molar-refractivity contribution in [2.24, 2.45) is 0 Å². The number of thiophene rings is 1. The van der Waals surface area contributed by atoms with E-state index >= 15 is 0 Å². The van der Waals surface area contributed by atoms with E-state index in [0.717, 1.165) is 9.88 Å². The molecule has 1 aromatic heterocycles. The monoisotopic (exact) mass is 309 g/mol. The molecule has 114 valence electrons. The van der Waals surface area contributed by atoms with Gasteiger partial charge in [-0.2, -0.15) is 0 Å². The van der Waals surface area contributed by atoms with E-state index in [1.807, 2.05) is 31.1 Å². The lowest BCUT2D eigenvalue weighted by Crippen LogP contribution is -2.45. The molecular weight excluding hydrogens is 290 g/mol. The fourth-order valence-electron chi connectivity index (χ4n) is 2.12. The van der Waals surface area contributed by atoms with E-state index in [1.54, 1.807) is 13.8 Å². The number of nitrogens with one attached hydrogen (secondary N) is 2. The summed E-state index contributed by atoms with van der Waals surface area (Å²) in [5.41, 5.74) is 0.977. The summed E-state index contributed by atoms with van der Waals surface area (Å²) in [6.07, 6.45) is 0. The van der Waals surface area contributed by atoms with E-state index in [2.05, 4.69) is 10.6 Å². The molecule has 1 aliphatic heterocycles. The Kier molecular flexibility index (Phi) is 4.52. The van der Waals surface area contributed by atoms with E-state index in [4.69, 9.17) is 4.74 Å². The maximum absolute atomic E-state index is 12.2. The van der Waals surface area contributed by atoms with E-state index in [-0.39, 0.29) is 6.03 Å². The maximum atomic E-state index is 12.2. The van der Waals surface area contributed by atoms with Crippen LogP contribution in [0.4, 0.5) is 9.80 Å².